The molecule has 72 valence electrons. The van der Waals surface area contributed by atoms with E-state index in [-0.39, 0.29) is 0 Å². The molecule has 0 saturated carbocycles. The summed E-state index contributed by atoms with van der Waals surface area (Å²) in [7, 11) is 0. The molecule has 2 nitrogen and oxygen atoms in total. The second kappa shape index (κ2) is 3.56. The second-order valence-electron chi connectivity index (χ2n) is 3.27. The van der Waals surface area contributed by atoms with Crippen molar-refractivity contribution in [2.75, 3.05) is 0 Å². The van der Waals surface area contributed by atoms with Gasteiger partial charge in [0.25, 0.3) is 0 Å². The van der Waals surface area contributed by atoms with Gasteiger partial charge in [0.05, 0.1) is 16.2 Å². The molecule has 2 rings (SSSR count). The van der Waals surface area contributed by atoms with E-state index in [1.54, 1.807) is 0 Å². The molecule has 0 unspecified atom stereocenters. The largest absolute Gasteiger partial charge is 0.325 e. The molecular formula is C11H11ClN2. The number of halogens is 1. The quantitative estimate of drug-likeness (QED) is 0.779. The third-order valence-corrected chi connectivity index (χ3v) is 2.59. The molecular weight excluding hydrogens is 196 g/mol. The average molecular weight is 207 g/mol. The van der Waals surface area contributed by atoms with Crippen LogP contribution in [0.5, 0.6) is 0 Å². The number of hydrogen-bond acceptors (Lipinski definition) is 2. The van der Waals surface area contributed by atoms with E-state index >= 15 is 0 Å². The normalized spacial score (nSPS) is 10.8. The Morgan fingerprint density at radius 1 is 1.43 bits per heavy atom. The minimum atomic E-state index is 0.451. The molecule has 3 heteroatoms. The summed E-state index contributed by atoms with van der Waals surface area (Å²) < 4.78 is 0. The topological polar surface area (TPSA) is 38.9 Å². The first-order valence-corrected chi connectivity index (χ1v) is 4.85. The maximum atomic E-state index is 6.04. The van der Waals surface area contributed by atoms with Gasteiger partial charge in [0, 0.05) is 11.9 Å². The Morgan fingerprint density at radius 3 is 2.93 bits per heavy atom. The Hall–Kier alpha value is -1.12. The Bertz CT molecular complexity index is 480. The maximum absolute atomic E-state index is 6.04. The van der Waals surface area contributed by atoms with Crippen LogP contribution in [0.15, 0.2) is 24.3 Å². The van der Waals surface area contributed by atoms with Crippen LogP contribution >= 0.6 is 11.6 Å². The van der Waals surface area contributed by atoms with E-state index < -0.39 is 0 Å². The summed E-state index contributed by atoms with van der Waals surface area (Å²) >= 11 is 6.04. The van der Waals surface area contributed by atoms with Crippen molar-refractivity contribution in [2.45, 2.75) is 13.5 Å². The Kier molecular flexibility index (Phi) is 2.40. The molecule has 0 aliphatic heterocycles. The monoisotopic (exact) mass is 206 g/mol. The van der Waals surface area contributed by atoms with Crippen LogP contribution in [0.25, 0.3) is 10.9 Å². The number of pyridine rings is 1. The summed E-state index contributed by atoms with van der Waals surface area (Å²) in [6.45, 7) is 2.46. The average Bonchev–Trinajstić information content (AvgIpc) is 2.17. The van der Waals surface area contributed by atoms with Crippen molar-refractivity contribution in [3.63, 3.8) is 0 Å². The molecule has 0 amide bonds. The zero-order valence-corrected chi connectivity index (χ0v) is 8.67. The summed E-state index contributed by atoms with van der Waals surface area (Å²) in [6.07, 6.45) is 0. The van der Waals surface area contributed by atoms with Crippen LogP contribution in [0.1, 0.15) is 11.3 Å². The molecule has 0 bridgehead atoms. The number of rotatable bonds is 1. The van der Waals surface area contributed by atoms with Gasteiger partial charge in [0.15, 0.2) is 0 Å². The van der Waals surface area contributed by atoms with E-state index in [9.17, 15) is 0 Å². The predicted molar refractivity (Wildman–Crippen MR) is 59.4 cm³/mol. The molecule has 2 N–H and O–H groups in total. The van der Waals surface area contributed by atoms with Crippen molar-refractivity contribution in [1.29, 1.82) is 0 Å². The van der Waals surface area contributed by atoms with Crippen LogP contribution in [0.4, 0.5) is 0 Å². The zero-order chi connectivity index (χ0) is 10.1. The maximum Gasteiger partial charge on any atom is 0.0892 e. The Morgan fingerprint density at radius 2 is 2.21 bits per heavy atom. The Balaban J connectivity index is 2.80. The molecule has 0 atom stereocenters. The van der Waals surface area contributed by atoms with Crippen LogP contribution in [0.3, 0.4) is 0 Å². The van der Waals surface area contributed by atoms with Crippen molar-refractivity contribution in [1.82, 2.24) is 4.98 Å². The number of nitrogens with zero attached hydrogens (tertiary/aromatic N) is 1. The van der Waals surface area contributed by atoms with Crippen molar-refractivity contribution in [2.24, 2.45) is 5.73 Å². The van der Waals surface area contributed by atoms with Crippen LogP contribution in [0, 0.1) is 6.92 Å². The molecule has 0 spiro atoms. The first kappa shape index (κ1) is 9.44. The van der Waals surface area contributed by atoms with Crippen LogP contribution in [-0.4, -0.2) is 4.98 Å². The highest BCUT2D eigenvalue weighted by molar-refractivity contribution is 6.35. The van der Waals surface area contributed by atoms with Gasteiger partial charge in [0.1, 0.15) is 0 Å². The van der Waals surface area contributed by atoms with E-state index in [0.29, 0.717) is 11.6 Å². The third kappa shape index (κ3) is 1.47. The molecule has 0 aliphatic rings. The van der Waals surface area contributed by atoms with Crippen molar-refractivity contribution >= 4 is 22.5 Å². The summed E-state index contributed by atoms with van der Waals surface area (Å²) in [5.41, 5.74) is 8.44. The second-order valence-corrected chi connectivity index (χ2v) is 3.67. The molecule has 1 aromatic carbocycles. The number of aryl methyl sites for hydroxylation is 1. The first-order chi connectivity index (χ1) is 6.72. The molecule has 0 aliphatic carbocycles. The lowest BCUT2D eigenvalue weighted by Crippen LogP contribution is -2.02. The van der Waals surface area contributed by atoms with Crippen molar-refractivity contribution < 1.29 is 0 Å². The van der Waals surface area contributed by atoms with Crippen molar-refractivity contribution in [3.8, 4) is 0 Å². The number of aromatic nitrogens is 1. The minimum absolute atomic E-state index is 0.451. The fourth-order valence-electron chi connectivity index (χ4n) is 1.51. The lowest BCUT2D eigenvalue weighted by atomic mass is 10.1. The molecule has 14 heavy (non-hydrogen) atoms. The fraction of sp³-hybridized carbons (Fsp3) is 0.182. The van der Waals surface area contributed by atoms with Crippen LogP contribution < -0.4 is 5.73 Å². The van der Waals surface area contributed by atoms with Crippen LogP contribution in [-0.2, 0) is 6.54 Å². The molecule has 0 saturated heterocycles. The summed E-state index contributed by atoms with van der Waals surface area (Å²) in [5.74, 6) is 0. The van der Waals surface area contributed by atoms with E-state index in [0.717, 1.165) is 22.2 Å². The van der Waals surface area contributed by atoms with Crippen molar-refractivity contribution in [3.05, 3.63) is 40.5 Å². The Labute approximate surface area is 87.7 Å². The molecule has 1 heterocycles. The van der Waals surface area contributed by atoms with Gasteiger partial charge >= 0.3 is 0 Å². The van der Waals surface area contributed by atoms with Gasteiger partial charge in [-0.25, -0.2) is 4.98 Å². The van der Waals surface area contributed by atoms with E-state index in [1.807, 2.05) is 25.1 Å². The summed E-state index contributed by atoms with van der Waals surface area (Å²) in [4.78, 5) is 4.44. The zero-order valence-electron chi connectivity index (χ0n) is 7.92. The molecule has 2 aromatic rings. The van der Waals surface area contributed by atoms with Gasteiger partial charge in [-0.2, -0.15) is 0 Å². The molecule has 0 fully saturated rings. The highest BCUT2D eigenvalue weighted by Gasteiger charge is 2.04. The smallest absolute Gasteiger partial charge is 0.0892 e. The van der Waals surface area contributed by atoms with E-state index in [1.165, 1.54) is 0 Å². The summed E-state index contributed by atoms with van der Waals surface area (Å²) in [6, 6.07) is 7.83. The van der Waals surface area contributed by atoms with E-state index in [4.69, 9.17) is 17.3 Å². The van der Waals surface area contributed by atoms with Gasteiger partial charge in [-0.1, -0.05) is 23.7 Å². The van der Waals surface area contributed by atoms with Gasteiger partial charge in [-0.05, 0) is 24.6 Å². The van der Waals surface area contributed by atoms with Gasteiger partial charge < -0.3 is 5.73 Å². The van der Waals surface area contributed by atoms with E-state index in [2.05, 4.69) is 11.1 Å². The standard InChI is InChI=1S/C11H11ClN2/c1-7-5-8-3-2-4-9(12)11(8)14-10(7)6-13/h2-5H,6,13H2,1H3. The molecule has 1 aromatic heterocycles. The predicted octanol–water partition coefficient (Wildman–Crippen LogP) is 2.66. The first-order valence-electron chi connectivity index (χ1n) is 4.47. The minimum Gasteiger partial charge on any atom is -0.325 e. The lowest BCUT2D eigenvalue weighted by molar-refractivity contribution is 0.985. The number of hydrogen-bond donors (Lipinski definition) is 1. The van der Waals surface area contributed by atoms with Crippen LogP contribution in [0.2, 0.25) is 5.02 Å². The number of nitrogens with two attached hydrogens (primary N) is 1. The SMILES string of the molecule is Cc1cc2cccc(Cl)c2nc1CN. The van der Waals surface area contributed by atoms with Gasteiger partial charge in [-0.3, -0.25) is 0 Å². The van der Waals surface area contributed by atoms with Gasteiger partial charge in [0.2, 0.25) is 0 Å². The lowest BCUT2D eigenvalue weighted by Gasteiger charge is -2.05. The summed E-state index contributed by atoms with van der Waals surface area (Å²) in [5, 5.41) is 1.74. The highest BCUT2D eigenvalue weighted by atomic mass is 35.5. The number of para-hydroxylation sites is 1. The number of benzene rings is 1. The number of fused-ring (bicyclic) bond motifs is 1. The highest BCUT2D eigenvalue weighted by Crippen LogP contribution is 2.23. The third-order valence-electron chi connectivity index (χ3n) is 2.29. The fourth-order valence-corrected chi connectivity index (χ4v) is 1.74. The molecule has 0 radical (unpaired) electrons. The van der Waals surface area contributed by atoms with Gasteiger partial charge in [-0.15, -0.1) is 0 Å².